The Morgan fingerprint density at radius 1 is 1.24 bits per heavy atom. The minimum Gasteiger partial charge on any atom is -0.192 e. The molecule has 1 aromatic carbocycles. The molecule has 0 aliphatic heterocycles. The van der Waals surface area contributed by atoms with E-state index in [1.807, 2.05) is 56.3 Å². The largest absolute Gasteiger partial charge is 0.192 e. The van der Waals surface area contributed by atoms with Crippen molar-refractivity contribution in [2.75, 3.05) is 0 Å². The van der Waals surface area contributed by atoms with Gasteiger partial charge in [0.15, 0.2) is 0 Å². The molecule has 1 rings (SSSR count). The molecule has 2 nitrogen and oxygen atoms in total. The molecule has 0 fully saturated rings. The van der Waals surface area contributed by atoms with Gasteiger partial charge in [0.2, 0.25) is 0 Å². The van der Waals surface area contributed by atoms with Gasteiger partial charge in [-0.15, -0.1) is 11.8 Å². The van der Waals surface area contributed by atoms with E-state index in [9.17, 15) is 0 Å². The van der Waals surface area contributed by atoms with Crippen LogP contribution in [0.3, 0.4) is 0 Å². The molecule has 0 bridgehead atoms. The highest BCUT2D eigenvalue weighted by molar-refractivity contribution is 8.00. The molecule has 86 valence electrons. The lowest BCUT2D eigenvalue weighted by molar-refractivity contribution is 0.980. The molecule has 17 heavy (non-hydrogen) atoms. The average molecular weight is 242 g/mol. The van der Waals surface area contributed by atoms with E-state index in [0.29, 0.717) is 0 Å². The van der Waals surface area contributed by atoms with Gasteiger partial charge >= 0.3 is 0 Å². The Bertz CT molecular complexity index is 461. The van der Waals surface area contributed by atoms with Gasteiger partial charge in [-0.3, -0.25) is 0 Å². The van der Waals surface area contributed by atoms with Gasteiger partial charge in [-0.2, -0.15) is 10.5 Å². The summed E-state index contributed by atoms with van der Waals surface area (Å²) in [5, 5.41) is 18.0. The molecular formula is C14H14N2S. The van der Waals surface area contributed by atoms with Crippen molar-refractivity contribution in [2.24, 2.45) is 0 Å². The predicted octanol–water partition coefficient (Wildman–Crippen LogP) is 3.92. The lowest BCUT2D eigenvalue weighted by atomic mass is 10.1. The van der Waals surface area contributed by atoms with Crippen molar-refractivity contribution in [3.63, 3.8) is 0 Å². The molecular weight excluding hydrogens is 228 g/mol. The fourth-order valence-electron chi connectivity index (χ4n) is 1.61. The zero-order valence-electron chi connectivity index (χ0n) is 9.97. The second kappa shape index (κ2) is 6.78. The average Bonchev–Trinajstić information content (AvgIpc) is 2.36. The van der Waals surface area contributed by atoms with Gasteiger partial charge < -0.3 is 0 Å². The maximum Gasteiger partial charge on any atom is 0.129 e. The maximum atomic E-state index is 8.90. The second-order valence-corrected chi connectivity index (χ2v) is 4.96. The number of allylic oxidation sites excluding steroid dienone is 1. The normalized spacial score (nSPS) is 11.1. The molecule has 0 aliphatic carbocycles. The van der Waals surface area contributed by atoms with E-state index in [4.69, 9.17) is 10.5 Å². The fraction of sp³-hybridized carbons (Fsp3) is 0.286. The number of benzene rings is 1. The van der Waals surface area contributed by atoms with Crippen molar-refractivity contribution in [3.8, 4) is 12.1 Å². The maximum absolute atomic E-state index is 8.90. The number of thioether (sulfide) groups is 1. The molecule has 0 saturated heterocycles. The zero-order chi connectivity index (χ0) is 12.7. The van der Waals surface area contributed by atoms with Gasteiger partial charge in [-0.1, -0.05) is 25.1 Å². The number of rotatable bonds is 4. The minimum absolute atomic E-state index is 0.150. The van der Waals surface area contributed by atoms with Crippen LogP contribution in [0.15, 0.2) is 46.4 Å². The van der Waals surface area contributed by atoms with Gasteiger partial charge in [0.25, 0.3) is 0 Å². The van der Waals surface area contributed by atoms with Crippen LogP contribution in [0.5, 0.6) is 0 Å². The monoisotopic (exact) mass is 242 g/mol. The zero-order valence-corrected chi connectivity index (χ0v) is 10.8. The summed E-state index contributed by atoms with van der Waals surface area (Å²) >= 11 is 1.68. The van der Waals surface area contributed by atoms with Crippen LogP contribution in [0.4, 0.5) is 0 Å². The van der Waals surface area contributed by atoms with Crippen LogP contribution in [0.1, 0.15) is 20.3 Å². The number of nitriles is 2. The molecule has 0 aromatic heterocycles. The quantitative estimate of drug-likeness (QED) is 0.594. The fourth-order valence-corrected chi connectivity index (χ4v) is 2.76. The Morgan fingerprint density at radius 2 is 1.82 bits per heavy atom. The first-order valence-electron chi connectivity index (χ1n) is 5.47. The smallest absolute Gasteiger partial charge is 0.129 e. The van der Waals surface area contributed by atoms with Crippen LogP contribution in [-0.4, -0.2) is 5.25 Å². The van der Waals surface area contributed by atoms with Crippen LogP contribution in [0.25, 0.3) is 0 Å². The summed E-state index contributed by atoms with van der Waals surface area (Å²) in [5.41, 5.74) is 1.17. The molecule has 1 unspecified atom stereocenters. The highest BCUT2D eigenvalue weighted by Gasteiger charge is 2.13. The van der Waals surface area contributed by atoms with E-state index in [1.165, 1.54) is 0 Å². The Kier molecular flexibility index (Phi) is 5.33. The lowest BCUT2D eigenvalue weighted by Gasteiger charge is -2.14. The van der Waals surface area contributed by atoms with Gasteiger partial charge in [0, 0.05) is 10.1 Å². The third-order valence-electron chi connectivity index (χ3n) is 2.47. The molecule has 0 N–H and O–H groups in total. The standard InChI is InChI=1S/C14H14N2S/c1-3-14(12(9-15)10-16)11(2)17-13-7-5-4-6-8-13/h4-8,11H,3H2,1-2H3. The summed E-state index contributed by atoms with van der Waals surface area (Å²) in [4.78, 5) is 1.15. The van der Waals surface area contributed by atoms with Crippen molar-refractivity contribution < 1.29 is 0 Å². The van der Waals surface area contributed by atoms with Crippen molar-refractivity contribution >= 4 is 11.8 Å². The predicted molar refractivity (Wildman–Crippen MR) is 70.3 cm³/mol. The third-order valence-corrected chi connectivity index (χ3v) is 3.65. The van der Waals surface area contributed by atoms with Gasteiger partial charge in [0.05, 0.1) is 0 Å². The minimum atomic E-state index is 0.150. The molecule has 3 heteroatoms. The van der Waals surface area contributed by atoms with E-state index < -0.39 is 0 Å². The SMILES string of the molecule is CCC(=C(C#N)C#N)C(C)Sc1ccccc1. The van der Waals surface area contributed by atoms with Crippen LogP contribution < -0.4 is 0 Å². The van der Waals surface area contributed by atoms with Gasteiger partial charge in [0.1, 0.15) is 17.7 Å². The molecule has 1 atom stereocenters. The van der Waals surface area contributed by atoms with Crippen LogP contribution >= 0.6 is 11.8 Å². The van der Waals surface area contributed by atoms with Crippen LogP contribution in [0, 0.1) is 22.7 Å². The Labute approximate surface area is 107 Å². The summed E-state index contributed by atoms with van der Waals surface area (Å²) in [7, 11) is 0. The first kappa shape index (κ1) is 13.4. The lowest BCUT2D eigenvalue weighted by Crippen LogP contribution is -2.03. The first-order chi connectivity index (χ1) is 8.22. The van der Waals surface area contributed by atoms with E-state index in [-0.39, 0.29) is 10.8 Å². The van der Waals surface area contributed by atoms with E-state index in [2.05, 4.69) is 0 Å². The molecule has 0 heterocycles. The van der Waals surface area contributed by atoms with Gasteiger partial charge in [-0.05, 0) is 31.1 Å². The van der Waals surface area contributed by atoms with Gasteiger partial charge in [-0.25, -0.2) is 0 Å². The number of hydrogen-bond donors (Lipinski definition) is 0. The molecule has 0 radical (unpaired) electrons. The van der Waals surface area contributed by atoms with Crippen molar-refractivity contribution in [3.05, 3.63) is 41.5 Å². The highest BCUT2D eigenvalue weighted by atomic mass is 32.2. The Morgan fingerprint density at radius 3 is 2.29 bits per heavy atom. The summed E-state index contributed by atoms with van der Waals surface area (Å²) < 4.78 is 0. The number of hydrogen-bond acceptors (Lipinski definition) is 3. The molecule has 0 amide bonds. The molecule has 0 aliphatic rings. The summed E-state index contributed by atoms with van der Waals surface area (Å²) in [6, 6.07) is 14.0. The molecule has 0 spiro atoms. The van der Waals surface area contributed by atoms with E-state index in [0.717, 1.165) is 16.9 Å². The molecule has 1 aromatic rings. The van der Waals surface area contributed by atoms with Crippen LogP contribution in [0.2, 0.25) is 0 Å². The molecule has 0 saturated carbocycles. The summed E-state index contributed by atoms with van der Waals surface area (Å²) in [6.45, 7) is 4.01. The van der Waals surface area contributed by atoms with Crippen molar-refractivity contribution in [2.45, 2.75) is 30.4 Å². The first-order valence-corrected chi connectivity index (χ1v) is 6.35. The van der Waals surface area contributed by atoms with E-state index in [1.54, 1.807) is 11.8 Å². The number of nitrogens with zero attached hydrogens (tertiary/aromatic N) is 2. The second-order valence-electron chi connectivity index (χ2n) is 3.55. The van der Waals surface area contributed by atoms with Crippen molar-refractivity contribution in [1.29, 1.82) is 10.5 Å². The van der Waals surface area contributed by atoms with Crippen molar-refractivity contribution in [1.82, 2.24) is 0 Å². The highest BCUT2D eigenvalue weighted by Crippen LogP contribution is 2.30. The summed E-state index contributed by atoms with van der Waals surface area (Å²) in [6.07, 6.45) is 0.734. The van der Waals surface area contributed by atoms with E-state index >= 15 is 0 Å². The van der Waals surface area contributed by atoms with Crippen LogP contribution in [-0.2, 0) is 0 Å². The topological polar surface area (TPSA) is 47.6 Å². The Hall–Kier alpha value is -1.71. The summed E-state index contributed by atoms with van der Waals surface area (Å²) in [5.74, 6) is 0. The Balaban J connectivity index is 2.90. The third kappa shape index (κ3) is 3.66.